The number of carbonyl (C=O) groups excluding carboxylic acids is 2. The van der Waals surface area contributed by atoms with Gasteiger partial charge in [-0.3, -0.25) is 9.59 Å². The van der Waals surface area contributed by atoms with Crippen LogP contribution >= 0.6 is 11.6 Å². The number of hydrogen-bond donors (Lipinski definition) is 0. The van der Waals surface area contributed by atoms with Gasteiger partial charge in [-0.15, -0.1) is 0 Å². The number of carbonyl (C=O) groups is 2. The number of hydrogen-bond acceptors (Lipinski definition) is 4. The van der Waals surface area contributed by atoms with E-state index in [4.69, 9.17) is 11.6 Å². The van der Waals surface area contributed by atoms with E-state index in [-0.39, 0.29) is 18.5 Å². The van der Waals surface area contributed by atoms with Crippen LogP contribution in [-0.2, 0) is 0 Å². The molecule has 7 nitrogen and oxygen atoms in total. The first kappa shape index (κ1) is 16.0. The van der Waals surface area contributed by atoms with Crippen LogP contribution in [-0.4, -0.2) is 25.7 Å². The van der Waals surface area contributed by atoms with Crippen molar-refractivity contribution in [2.24, 2.45) is 0 Å². The Morgan fingerprint density at radius 3 is 1.68 bits per heavy atom. The number of halogens is 1. The molecular weight excluding hydrogens is 310 g/mol. The standard InChI is InChI=1S/C14H14ClN3O4/c1-3-11(19)17-13(21)16(10-7-5-9(15)6-8-10)14(22)18(17)12(20)4-2/h5-8H,3-4H2,1-2H3. The molecule has 0 radical (unpaired) electrons. The van der Waals surface area contributed by atoms with E-state index in [1.54, 1.807) is 13.8 Å². The molecule has 0 saturated heterocycles. The highest BCUT2D eigenvalue weighted by Gasteiger charge is 2.24. The van der Waals surface area contributed by atoms with E-state index >= 15 is 0 Å². The molecule has 0 atom stereocenters. The first-order valence-corrected chi connectivity index (χ1v) is 7.09. The van der Waals surface area contributed by atoms with Crippen LogP contribution in [0.4, 0.5) is 0 Å². The predicted octanol–water partition coefficient (Wildman–Crippen LogP) is 1.55. The highest BCUT2D eigenvalue weighted by molar-refractivity contribution is 6.30. The van der Waals surface area contributed by atoms with Gasteiger partial charge in [-0.05, 0) is 24.3 Å². The molecule has 1 heterocycles. The number of rotatable bonds is 3. The first-order valence-electron chi connectivity index (χ1n) is 6.71. The molecule has 0 amide bonds. The van der Waals surface area contributed by atoms with E-state index in [1.165, 1.54) is 24.3 Å². The molecular formula is C14H14ClN3O4. The number of aromatic nitrogens is 3. The quantitative estimate of drug-likeness (QED) is 0.858. The maximum absolute atomic E-state index is 12.4. The molecule has 0 aliphatic rings. The minimum absolute atomic E-state index is 0.0129. The van der Waals surface area contributed by atoms with E-state index < -0.39 is 23.2 Å². The van der Waals surface area contributed by atoms with Crippen LogP contribution in [0.1, 0.15) is 36.3 Å². The maximum atomic E-state index is 12.4. The van der Waals surface area contributed by atoms with Gasteiger partial charge in [0.15, 0.2) is 0 Å². The van der Waals surface area contributed by atoms with Crippen LogP contribution in [0.25, 0.3) is 5.69 Å². The largest absolute Gasteiger partial charge is 0.359 e. The summed E-state index contributed by atoms with van der Waals surface area (Å²) in [5, 5.41) is 0.436. The lowest BCUT2D eigenvalue weighted by atomic mass is 10.3. The van der Waals surface area contributed by atoms with E-state index in [9.17, 15) is 19.2 Å². The van der Waals surface area contributed by atoms with Crippen LogP contribution in [0.15, 0.2) is 33.9 Å². The van der Waals surface area contributed by atoms with Gasteiger partial charge in [-0.2, -0.15) is 9.36 Å². The van der Waals surface area contributed by atoms with Gasteiger partial charge >= 0.3 is 11.4 Å². The van der Waals surface area contributed by atoms with Crippen molar-refractivity contribution < 1.29 is 9.59 Å². The zero-order chi connectivity index (χ0) is 16.4. The fourth-order valence-corrected chi connectivity index (χ4v) is 2.12. The molecule has 0 bridgehead atoms. The lowest BCUT2D eigenvalue weighted by Gasteiger charge is -2.03. The van der Waals surface area contributed by atoms with Crippen molar-refractivity contribution in [2.45, 2.75) is 26.7 Å². The summed E-state index contributed by atoms with van der Waals surface area (Å²) in [6.45, 7) is 3.08. The average molecular weight is 324 g/mol. The third kappa shape index (κ3) is 2.55. The van der Waals surface area contributed by atoms with Gasteiger partial charge in [0.1, 0.15) is 0 Å². The van der Waals surface area contributed by atoms with Crippen LogP contribution in [0.5, 0.6) is 0 Å². The molecule has 0 unspecified atom stereocenters. The molecule has 0 aliphatic heterocycles. The fourth-order valence-electron chi connectivity index (χ4n) is 1.99. The van der Waals surface area contributed by atoms with Crippen molar-refractivity contribution in [2.75, 3.05) is 0 Å². The maximum Gasteiger partial charge on any atom is 0.359 e. The van der Waals surface area contributed by atoms with E-state index in [0.717, 1.165) is 4.57 Å². The Morgan fingerprint density at radius 1 is 0.909 bits per heavy atom. The Bertz CT molecular complexity index is 795. The van der Waals surface area contributed by atoms with Gasteiger partial charge < -0.3 is 0 Å². The summed E-state index contributed by atoms with van der Waals surface area (Å²) in [6, 6.07) is 5.95. The third-order valence-corrected chi connectivity index (χ3v) is 3.36. The molecule has 116 valence electrons. The molecule has 1 aromatic heterocycles. The van der Waals surface area contributed by atoms with Gasteiger partial charge in [0, 0.05) is 17.9 Å². The molecule has 8 heteroatoms. The topological polar surface area (TPSA) is 83.1 Å². The second-order valence-electron chi connectivity index (χ2n) is 4.50. The van der Waals surface area contributed by atoms with Crippen molar-refractivity contribution >= 4 is 23.4 Å². The normalized spacial score (nSPS) is 10.7. The van der Waals surface area contributed by atoms with Gasteiger partial charge in [-0.25, -0.2) is 14.2 Å². The van der Waals surface area contributed by atoms with Crippen molar-refractivity contribution in [3.05, 3.63) is 50.3 Å². The molecule has 0 N–H and O–H groups in total. The number of nitrogens with zero attached hydrogens (tertiary/aromatic N) is 3. The summed E-state index contributed by atoms with van der Waals surface area (Å²) in [5.41, 5.74) is -1.51. The molecule has 2 rings (SSSR count). The summed E-state index contributed by atoms with van der Waals surface area (Å²) < 4.78 is 1.95. The summed E-state index contributed by atoms with van der Waals surface area (Å²) in [4.78, 5) is 48.7. The molecule has 0 saturated carbocycles. The van der Waals surface area contributed by atoms with Gasteiger partial charge in [0.25, 0.3) is 0 Å². The van der Waals surface area contributed by atoms with Gasteiger partial charge in [0.2, 0.25) is 11.8 Å². The fraction of sp³-hybridized carbons (Fsp3) is 0.286. The highest BCUT2D eigenvalue weighted by Crippen LogP contribution is 2.11. The van der Waals surface area contributed by atoms with Crippen molar-refractivity contribution in [3.8, 4) is 5.69 Å². The van der Waals surface area contributed by atoms with Crippen molar-refractivity contribution in [3.63, 3.8) is 0 Å². The van der Waals surface area contributed by atoms with E-state index in [1.807, 2.05) is 0 Å². The van der Waals surface area contributed by atoms with Crippen molar-refractivity contribution in [1.82, 2.24) is 13.9 Å². The summed E-state index contributed by atoms with van der Waals surface area (Å²) in [5.74, 6) is -1.26. The molecule has 2 aromatic rings. The number of benzene rings is 1. The van der Waals surface area contributed by atoms with Crippen LogP contribution in [0, 0.1) is 0 Å². The molecule has 0 spiro atoms. The Hall–Kier alpha value is -2.41. The Balaban J connectivity index is 2.82. The SMILES string of the molecule is CCC(=O)n1c(=O)n(-c2ccc(Cl)cc2)c(=O)n1C(=O)CC. The summed E-state index contributed by atoms with van der Waals surface area (Å²) in [6.07, 6.45) is -0.0258. The Kier molecular flexibility index (Phi) is 4.46. The minimum atomic E-state index is -0.874. The average Bonchev–Trinajstić information content (AvgIpc) is 2.78. The van der Waals surface area contributed by atoms with E-state index in [0.29, 0.717) is 14.4 Å². The van der Waals surface area contributed by atoms with Crippen LogP contribution in [0.2, 0.25) is 5.02 Å². The zero-order valence-corrected chi connectivity index (χ0v) is 12.8. The lowest BCUT2D eigenvalue weighted by molar-refractivity contribution is 0.0783. The summed E-state index contributed by atoms with van der Waals surface area (Å²) >= 11 is 5.78. The zero-order valence-electron chi connectivity index (χ0n) is 12.1. The Labute approximate surface area is 130 Å². The molecule has 0 aliphatic carbocycles. The monoisotopic (exact) mass is 323 g/mol. The van der Waals surface area contributed by atoms with Crippen molar-refractivity contribution in [1.29, 1.82) is 0 Å². The molecule has 1 aromatic carbocycles. The van der Waals surface area contributed by atoms with Gasteiger partial charge in [-0.1, -0.05) is 25.4 Å². The smallest absolute Gasteiger partial charge is 0.272 e. The van der Waals surface area contributed by atoms with Crippen LogP contribution in [0.3, 0.4) is 0 Å². The predicted molar refractivity (Wildman–Crippen MR) is 81.1 cm³/mol. The second kappa shape index (κ2) is 6.15. The Morgan fingerprint density at radius 2 is 1.32 bits per heavy atom. The highest BCUT2D eigenvalue weighted by atomic mass is 35.5. The molecule has 0 fully saturated rings. The van der Waals surface area contributed by atoms with Gasteiger partial charge in [0.05, 0.1) is 5.69 Å². The third-order valence-electron chi connectivity index (χ3n) is 3.11. The van der Waals surface area contributed by atoms with E-state index in [2.05, 4.69) is 0 Å². The minimum Gasteiger partial charge on any atom is -0.272 e. The summed E-state index contributed by atoms with van der Waals surface area (Å²) in [7, 11) is 0. The second-order valence-corrected chi connectivity index (χ2v) is 4.93. The first-order chi connectivity index (χ1) is 10.4. The van der Waals surface area contributed by atoms with Crippen LogP contribution < -0.4 is 11.4 Å². The molecule has 22 heavy (non-hydrogen) atoms. The lowest BCUT2D eigenvalue weighted by Crippen LogP contribution is -2.35.